The van der Waals surface area contributed by atoms with Crippen LogP contribution in [-0.4, -0.2) is 42.1 Å². The summed E-state index contributed by atoms with van der Waals surface area (Å²) >= 11 is 0. The fraction of sp³-hybridized carbons (Fsp3) is 0.800. The lowest BCUT2D eigenvalue weighted by molar-refractivity contribution is 0.255. The van der Waals surface area contributed by atoms with Gasteiger partial charge in [-0.2, -0.15) is 0 Å². The van der Waals surface area contributed by atoms with E-state index in [1.54, 1.807) is 0 Å². The smallest absolute Gasteiger partial charge is 0.0991 e. The average molecular weight is 252 g/mol. The maximum Gasteiger partial charge on any atom is 0.0991 e. The number of β-amino-alcohol motifs (C(OH)–C–C–N with tert-alkyl or cyclic N) is 1. The predicted molar refractivity (Wildman–Crippen MR) is 78.1 cm³/mol. The molecule has 0 bridgehead atoms. The molecule has 0 fully saturated rings. The maximum absolute atomic E-state index is 8.95. The molecule has 0 aromatic rings. The quantitative estimate of drug-likeness (QED) is 0.479. The van der Waals surface area contributed by atoms with Crippen molar-refractivity contribution in [2.75, 3.05) is 26.2 Å². The lowest BCUT2D eigenvalue weighted by Gasteiger charge is -2.18. The Morgan fingerprint density at radius 1 is 1.22 bits per heavy atom. The van der Waals surface area contributed by atoms with Crippen molar-refractivity contribution in [3.05, 3.63) is 12.2 Å². The standard InChI is InChI=1S/C15H28N2O/c1-2-3-4-5-6-7-8-9-10-15-16-11-12-17(15)13-14-18/h2-3,18H,4-14H2,1H3/b3-2+. The zero-order chi connectivity index (χ0) is 13.1. The number of aliphatic hydroxyl groups is 1. The number of amidine groups is 1. The lowest BCUT2D eigenvalue weighted by Crippen LogP contribution is -2.30. The summed E-state index contributed by atoms with van der Waals surface area (Å²) in [7, 11) is 0. The Labute approximate surface area is 112 Å². The monoisotopic (exact) mass is 252 g/mol. The van der Waals surface area contributed by atoms with Gasteiger partial charge in [0, 0.05) is 19.5 Å². The van der Waals surface area contributed by atoms with Crippen molar-refractivity contribution >= 4 is 5.84 Å². The Kier molecular flexibility index (Phi) is 8.57. The van der Waals surface area contributed by atoms with Crippen LogP contribution in [0.5, 0.6) is 0 Å². The van der Waals surface area contributed by atoms with E-state index in [0.717, 1.165) is 26.1 Å². The van der Waals surface area contributed by atoms with Crippen molar-refractivity contribution in [2.24, 2.45) is 4.99 Å². The van der Waals surface area contributed by atoms with Gasteiger partial charge in [0.15, 0.2) is 0 Å². The second-order valence-corrected chi connectivity index (χ2v) is 4.88. The number of rotatable bonds is 10. The summed E-state index contributed by atoms with van der Waals surface area (Å²) in [6.07, 6.45) is 13.3. The number of hydrogen-bond donors (Lipinski definition) is 1. The van der Waals surface area contributed by atoms with Gasteiger partial charge in [-0.15, -0.1) is 0 Å². The first kappa shape index (κ1) is 15.2. The van der Waals surface area contributed by atoms with Crippen LogP contribution in [0.1, 0.15) is 51.9 Å². The predicted octanol–water partition coefficient (Wildman–Crippen LogP) is 3.00. The van der Waals surface area contributed by atoms with Gasteiger partial charge in [-0.05, 0) is 26.2 Å². The highest BCUT2D eigenvalue weighted by Gasteiger charge is 2.14. The molecular weight excluding hydrogens is 224 g/mol. The molecule has 0 aromatic carbocycles. The summed E-state index contributed by atoms with van der Waals surface area (Å²) in [5.41, 5.74) is 0. The van der Waals surface area contributed by atoms with Gasteiger partial charge in [-0.25, -0.2) is 0 Å². The molecule has 1 N–H and O–H groups in total. The van der Waals surface area contributed by atoms with Gasteiger partial charge < -0.3 is 10.0 Å². The maximum atomic E-state index is 8.95. The molecule has 1 aliphatic heterocycles. The fourth-order valence-electron chi connectivity index (χ4n) is 2.37. The van der Waals surface area contributed by atoms with E-state index < -0.39 is 0 Å². The number of nitrogens with zero attached hydrogens (tertiary/aromatic N) is 2. The molecule has 18 heavy (non-hydrogen) atoms. The van der Waals surface area contributed by atoms with E-state index in [-0.39, 0.29) is 6.61 Å². The number of unbranched alkanes of at least 4 members (excludes halogenated alkanes) is 5. The minimum Gasteiger partial charge on any atom is -0.395 e. The van der Waals surface area contributed by atoms with E-state index in [4.69, 9.17) is 5.11 Å². The molecule has 1 rings (SSSR count). The summed E-state index contributed by atoms with van der Waals surface area (Å²) in [4.78, 5) is 6.74. The number of hydrogen-bond acceptors (Lipinski definition) is 3. The second-order valence-electron chi connectivity index (χ2n) is 4.88. The first-order chi connectivity index (χ1) is 8.88. The second kappa shape index (κ2) is 10.1. The summed E-state index contributed by atoms with van der Waals surface area (Å²) in [5.74, 6) is 1.22. The SMILES string of the molecule is C/C=C/CCCCCCCC1=NCCN1CCO. The molecule has 1 aliphatic rings. The van der Waals surface area contributed by atoms with E-state index in [1.165, 1.54) is 44.4 Å². The normalized spacial score (nSPS) is 15.7. The topological polar surface area (TPSA) is 35.8 Å². The van der Waals surface area contributed by atoms with Crippen molar-refractivity contribution in [2.45, 2.75) is 51.9 Å². The van der Waals surface area contributed by atoms with Gasteiger partial charge in [-0.3, -0.25) is 4.99 Å². The highest BCUT2D eigenvalue weighted by molar-refractivity contribution is 5.83. The van der Waals surface area contributed by atoms with Crippen molar-refractivity contribution < 1.29 is 5.11 Å². The Morgan fingerprint density at radius 3 is 2.78 bits per heavy atom. The number of aliphatic imine (C=N–C) groups is 1. The molecule has 0 atom stereocenters. The van der Waals surface area contributed by atoms with E-state index >= 15 is 0 Å². The zero-order valence-electron chi connectivity index (χ0n) is 11.8. The van der Waals surface area contributed by atoms with E-state index in [1.807, 2.05) is 0 Å². The molecular formula is C15H28N2O. The first-order valence-corrected chi connectivity index (χ1v) is 7.38. The van der Waals surface area contributed by atoms with Gasteiger partial charge in [-0.1, -0.05) is 31.4 Å². The fourth-order valence-corrected chi connectivity index (χ4v) is 2.37. The molecule has 0 spiro atoms. The van der Waals surface area contributed by atoms with Gasteiger partial charge in [0.05, 0.1) is 19.0 Å². The van der Waals surface area contributed by atoms with E-state index in [0.29, 0.717) is 0 Å². The number of allylic oxidation sites excluding steroid dienone is 2. The minimum absolute atomic E-state index is 0.240. The minimum atomic E-state index is 0.240. The van der Waals surface area contributed by atoms with Crippen LogP contribution < -0.4 is 0 Å². The van der Waals surface area contributed by atoms with Crippen molar-refractivity contribution in [3.63, 3.8) is 0 Å². The van der Waals surface area contributed by atoms with Crippen molar-refractivity contribution in [1.29, 1.82) is 0 Å². The molecule has 3 heteroatoms. The van der Waals surface area contributed by atoms with Gasteiger partial charge in [0.25, 0.3) is 0 Å². The van der Waals surface area contributed by atoms with Crippen LogP contribution in [0.25, 0.3) is 0 Å². The third kappa shape index (κ3) is 6.20. The number of aliphatic hydroxyl groups excluding tert-OH is 1. The van der Waals surface area contributed by atoms with Crippen LogP contribution in [0.4, 0.5) is 0 Å². The van der Waals surface area contributed by atoms with Crippen LogP contribution in [0.15, 0.2) is 17.1 Å². The van der Waals surface area contributed by atoms with Gasteiger partial charge >= 0.3 is 0 Å². The van der Waals surface area contributed by atoms with Crippen molar-refractivity contribution in [3.8, 4) is 0 Å². The Morgan fingerprint density at radius 2 is 2.00 bits per heavy atom. The molecule has 0 amide bonds. The van der Waals surface area contributed by atoms with Crippen LogP contribution in [0.2, 0.25) is 0 Å². The van der Waals surface area contributed by atoms with Crippen molar-refractivity contribution in [1.82, 2.24) is 4.90 Å². The summed E-state index contributed by atoms with van der Waals surface area (Å²) in [6.45, 7) is 4.99. The molecule has 104 valence electrons. The summed E-state index contributed by atoms with van der Waals surface area (Å²) < 4.78 is 0. The molecule has 0 unspecified atom stereocenters. The lowest BCUT2D eigenvalue weighted by atomic mass is 10.1. The largest absolute Gasteiger partial charge is 0.395 e. The van der Waals surface area contributed by atoms with Crippen LogP contribution in [-0.2, 0) is 0 Å². The Hall–Kier alpha value is -0.830. The molecule has 0 saturated carbocycles. The van der Waals surface area contributed by atoms with E-state index in [2.05, 4.69) is 29.0 Å². The van der Waals surface area contributed by atoms with E-state index in [9.17, 15) is 0 Å². The molecule has 0 aromatic heterocycles. The first-order valence-electron chi connectivity index (χ1n) is 7.38. The molecule has 0 radical (unpaired) electrons. The summed E-state index contributed by atoms with van der Waals surface area (Å²) in [5, 5.41) is 8.95. The Bertz CT molecular complexity index is 261. The van der Waals surface area contributed by atoms with Crippen LogP contribution >= 0.6 is 0 Å². The average Bonchev–Trinajstić information content (AvgIpc) is 2.81. The highest BCUT2D eigenvalue weighted by atomic mass is 16.3. The van der Waals surface area contributed by atoms with Crippen LogP contribution in [0, 0.1) is 0 Å². The Balaban J connectivity index is 1.97. The molecule has 0 saturated heterocycles. The highest BCUT2D eigenvalue weighted by Crippen LogP contribution is 2.12. The van der Waals surface area contributed by atoms with Gasteiger partial charge in [0.2, 0.25) is 0 Å². The zero-order valence-corrected chi connectivity index (χ0v) is 11.8. The van der Waals surface area contributed by atoms with Crippen LogP contribution in [0.3, 0.4) is 0 Å². The molecule has 0 aliphatic carbocycles. The molecule has 3 nitrogen and oxygen atoms in total. The molecule has 1 heterocycles. The third-order valence-corrected chi connectivity index (χ3v) is 3.41. The third-order valence-electron chi connectivity index (χ3n) is 3.41. The summed E-state index contributed by atoms with van der Waals surface area (Å²) in [6, 6.07) is 0. The van der Waals surface area contributed by atoms with Gasteiger partial charge in [0.1, 0.15) is 0 Å².